The highest BCUT2D eigenvalue weighted by Gasteiger charge is 2.39. The van der Waals surface area contributed by atoms with Crippen molar-refractivity contribution in [3.8, 4) is 28.1 Å². The molecule has 5 rings (SSSR count). The molecular weight excluding hydrogens is 423 g/mol. The molecule has 9 nitrogen and oxygen atoms in total. The molecule has 4 aromatic rings. The quantitative estimate of drug-likeness (QED) is 0.491. The van der Waals surface area contributed by atoms with Crippen LogP contribution < -0.4 is 5.32 Å². The maximum absolute atomic E-state index is 14.2. The molecule has 3 aromatic heterocycles. The first-order chi connectivity index (χ1) is 15.5. The SMILES string of the molecule is Cn1ncc(-c2ccc(-c3cc4nnn(C5CC(C)(C)NC(C)(C)C5)c4nn3)c(O)c2)c1F. The third-order valence-electron chi connectivity index (χ3n) is 6.19. The summed E-state index contributed by atoms with van der Waals surface area (Å²) in [5, 5.41) is 35.7. The van der Waals surface area contributed by atoms with Crippen LogP contribution in [-0.4, -0.2) is 51.2 Å². The third kappa shape index (κ3) is 3.84. The molecule has 0 saturated carbocycles. The Morgan fingerprint density at radius 2 is 1.76 bits per heavy atom. The van der Waals surface area contributed by atoms with Crippen molar-refractivity contribution >= 4 is 11.2 Å². The number of benzene rings is 1. The highest BCUT2D eigenvalue weighted by atomic mass is 19.1. The van der Waals surface area contributed by atoms with Gasteiger partial charge in [0.15, 0.2) is 0 Å². The molecule has 0 aliphatic carbocycles. The van der Waals surface area contributed by atoms with Crippen molar-refractivity contribution in [3.63, 3.8) is 0 Å². The van der Waals surface area contributed by atoms with E-state index in [4.69, 9.17) is 0 Å². The predicted octanol–water partition coefficient (Wildman–Crippen LogP) is 3.62. The first-order valence-corrected chi connectivity index (χ1v) is 10.9. The Balaban J connectivity index is 1.48. The summed E-state index contributed by atoms with van der Waals surface area (Å²) < 4.78 is 17.2. The molecule has 33 heavy (non-hydrogen) atoms. The number of aromatic nitrogens is 7. The Labute approximate surface area is 190 Å². The minimum absolute atomic E-state index is 0.0290. The van der Waals surface area contributed by atoms with Crippen molar-refractivity contribution in [2.75, 3.05) is 0 Å². The molecule has 4 heterocycles. The first kappa shape index (κ1) is 21.4. The van der Waals surface area contributed by atoms with Crippen LogP contribution in [0.2, 0.25) is 0 Å². The van der Waals surface area contributed by atoms with Crippen LogP contribution in [0.4, 0.5) is 4.39 Å². The van der Waals surface area contributed by atoms with Gasteiger partial charge in [0.2, 0.25) is 11.6 Å². The Hall–Kier alpha value is -3.40. The van der Waals surface area contributed by atoms with E-state index >= 15 is 0 Å². The van der Waals surface area contributed by atoms with E-state index in [2.05, 4.69) is 58.6 Å². The number of aryl methyl sites for hydroxylation is 1. The van der Waals surface area contributed by atoms with Crippen LogP contribution in [0.15, 0.2) is 30.5 Å². The molecule has 10 heteroatoms. The second-order valence-corrected chi connectivity index (χ2v) is 10.1. The van der Waals surface area contributed by atoms with Crippen LogP contribution in [0.5, 0.6) is 5.75 Å². The third-order valence-corrected chi connectivity index (χ3v) is 6.19. The van der Waals surface area contributed by atoms with Gasteiger partial charge in [-0.15, -0.1) is 15.3 Å². The standard InChI is InChI=1S/C23H27FN8O/c1-22(2)10-14(11-23(3,4)29-22)32-21-18(27-30-32)9-17(26-28-21)15-7-6-13(8-19(15)33)16-12-25-31(5)20(16)24/h6-9,12,14,29,33H,10-11H2,1-5H3. The van der Waals surface area contributed by atoms with Crippen LogP contribution in [-0.2, 0) is 7.05 Å². The van der Waals surface area contributed by atoms with Crippen LogP contribution in [0.3, 0.4) is 0 Å². The van der Waals surface area contributed by atoms with Crippen molar-refractivity contribution in [2.24, 2.45) is 7.05 Å². The molecule has 0 amide bonds. The Morgan fingerprint density at radius 3 is 2.39 bits per heavy atom. The Bertz CT molecular complexity index is 1340. The van der Waals surface area contributed by atoms with Crippen molar-refractivity contribution in [1.82, 2.24) is 40.3 Å². The number of rotatable bonds is 3. The minimum atomic E-state index is -0.468. The summed E-state index contributed by atoms with van der Waals surface area (Å²) in [5.74, 6) is -0.497. The molecule has 0 radical (unpaired) electrons. The number of fused-ring (bicyclic) bond motifs is 1. The van der Waals surface area contributed by atoms with Gasteiger partial charge in [-0.05, 0) is 64.3 Å². The number of phenolic OH excluding ortho intramolecular Hbond substituents is 1. The fourth-order valence-electron chi connectivity index (χ4n) is 5.10. The highest BCUT2D eigenvalue weighted by Crippen LogP contribution is 2.37. The molecule has 2 N–H and O–H groups in total. The molecule has 1 aliphatic heterocycles. The maximum atomic E-state index is 14.2. The Kier molecular flexibility index (Phi) is 4.75. The number of nitrogens with zero attached hydrogens (tertiary/aromatic N) is 7. The smallest absolute Gasteiger partial charge is 0.219 e. The number of aromatic hydroxyl groups is 1. The number of hydrogen-bond acceptors (Lipinski definition) is 7. The van der Waals surface area contributed by atoms with E-state index in [1.54, 1.807) is 18.2 Å². The van der Waals surface area contributed by atoms with Crippen molar-refractivity contribution in [1.29, 1.82) is 0 Å². The molecule has 1 saturated heterocycles. The zero-order chi connectivity index (χ0) is 23.5. The lowest BCUT2D eigenvalue weighted by molar-refractivity contribution is 0.127. The summed E-state index contributed by atoms with van der Waals surface area (Å²) in [6.45, 7) is 8.75. The lowest BCUT2D eigenvalue weighted by atomic mass is 9.80. The van der Waals surface area contributed by atoms with Gasteiger partial charge in [-0.2, -0.15) is 9.49 Å². The summed E-state index contributed by atoms with van der Waals surface area (Å²) in [4.78, 5) is 0. The monoisotopic (exact) mass is 450 g/mol. The van der Waals surface area contributed by atoms with Crippen LogP contribution in [0.25, 0.3) is 33.5 Å². The molecule has 172 valence electrons. The number of nitrogens with one attached hydrogen (secondary N) is 1. The molecule has 0 spiro atoms. The first-order valence-electron chi connectivity index (χ1n) is 10.9. The van der Waals surface area contributed by atoms with E-state index < -0.39 is 5.95 Å². The van der Waals surface area contributed by atoms with Gasteiger partial charge in [0.1, 0.15) is 11.3 Å². The summed E-state index contributed by atoms with van der Waals surface area (Å²) in [5.41, 5.74) is 2.93. The van der Waals surface area contributed by atoms with E-state index in [0.29, 0.717) is 33.5 Å². The maximum Gasteiger partial charge on any atom is 0.219 e. The van der Waals surface area contributed by atoms with Crippen LogP contribution in [0, 0.1) is 5.95 Å². The Morgan fingerprint density at radius 1 is 1.03 bits per heavy atom. The lowest BCUT2D eigenvalue weighted by Crippen LogP contribution is -2.58. The number of piperidine rings is 1. The van der Waals surface area contributed by atoms with Crippen molar-refractivity contribution in [3.05, 3.63) is 36.4 Å². The molecule has 0 bridgehead atoms. The summed E-state index contributed by atoms with van der Waals surface area (Å²) >= 11 is 0. The van der Waals surface area contributed by atoms with Crippen molar-refractivity contribution in [2.45, 2.75) is 57.7 Å². The molecular formula is C23H27FN8O. The van der Waals surface area contributed by atoms with E-state index in [1.165, 1.54) is 19.3 Å². The van der Waals surface area contributed by atoms with Gasteiger partial charge < -0.3 is 10.4 Å². The molecule has 1 fully saturated rings. The zero-order valence-electron chi connectivity index (χ0n) is 19.3. The van der Waals surface area contributed by atoms with E-state index in [9.17, 15) is 9.50 Å². The van der Waals surface area contributed by atoms with Gasteiger partial charge in [0, 0.05) is 23.7 Å². The van der Waals surface area contributed by atoms with E-state index in [0.717, 1.165) is 17.5 Å². The number of phenols is 1. The van der Waals surface area contributed by atoms with Gasteiger partial charge in [-0.1, -0.05) is 11.3 Å². The van der Waals surface area contributed by atoms with Gasteiger partial charge in [-0.25, -0.2) is 9.36 Å². The lowest BCUT2D eigenvalue weighted by Gasteiger charge is -2.46. The highest BCUT2D eigenvalue weighted by molar-refractivity contribution is 5.79. The van der Waals surface area contributed by atoms with Gasteiger partial charge in [0.25, 0.3) is 0 Å². The second kappa shape index (κ2) is 7.31. The fraction of sp³-hybridized carbons (Fsp3) is 0.435. The fourth-order valence-corrected chi connectivity index (χ4v) is 5.10. The molecule has 0 atom stereocenters. The normalized spacial score (nSPS) is 18.1. The average molecular weight is 451 g/mol. The molecule has 1 aliphatic rings. The zero-order valence-corrected chi connectivity index (χ0v) is 19.3. The topological polar surface area (TPSA) is 107 Å². The predicted molar refractivity (Wildman–Crippen MR) is 122 cm³/mol. The van der Waals surface area contributed by atoms with Gasteiger partial charge >= 0.3 is 0 Å². The largest absolute Gasteiger partial charge is 0.507 e. The average Bonchev–Trinajstić information content (AvgIpc) is 3.28. The molecule has 1 aromatic carbocycles. The number of hydrogen-bond donors (Lipinski definition) is 2. The number of halogens is 1. The van der Waals surface area contributed by atoms with E-state index in [1.807, 2.05) is 4.68 Å². The van der Waals surface area contributed by atoms with Gasteiger partial charge in [-0.3, -0.25) is 0 Å². The van der Waals surface area contributed by atoms with Crippen molar-refractivity contribution < 1.29 is 9.50 Å². The second-order valence-electron chi connectivity index (χ2n) is 10.1. The van der Waals surface area contributed by atoms with E-state index in [-0.39, 0.29) is 22.9 Å². The van der Waals surface area contributed by atoms with Gasteiger partial charge in [0.05, 0.1) is 23.5 Å². The van der Waals surface area contributed by atoms with Crippen LogP contribution in [0.1, 0.15) is 46.6 Å². The minimum Gasteiger partial charge on any atom is -0.507 e. The molecule has 0 unspecified atom stereocenters. The summed E-state index contributed by atoms with van der Waals surface area (Å²) in [6.07, 6.45) is 3.22. The summed E-state index contributed by atoms with van der Waals surface area (Å²) in [6, 6.07) is 6.81. The summed E-state index contributed by atoms with van der Waals surface area (Å²) in [7, 11) is 1.52. The van der Waals surface area contributed by atoms with Crippen LogP contribution >= 0.6 is 0 Å².